The van der Waals surface area contributed by atoms with Gasteiger partial charge in [-0.1, -0.05) is 12.1 Å². The minimum atomic E-state index is 0.448. The Morgan fingerprint density at radius 3 is 2.81 bits per heavy atom. The maximum Gasteiger partial charge on any atom is 0.188 e. The summed E-state index contributed by atoms with van der Waals surface area (Å²) in [6.07, 6.45) is 1.89. The lowest BCUT2D eigenvalue weighted by atomic mass is 10.2. The van der Waals surface area contributed by atoms with Gasteiger partial charge in [0.1, 0.15) is 0 Å². The number of guanidine groups is 1. The lowest BCUT2D eigenvalue weighted by Gasteiger charge is -2.09. The van der Waals surface area contributed by atoms with Crippen molar-refractivity contribution in [2.45, 2.75) is 6.54 Å². The molecular formula is C15H23N3O2S. The van der Waals surface area contributed by atoms with Crippen molar-refractivity contribution in [2.75, 3.05) is 32.3 Å². The Kier molecular flexibility index (Phi) is 8.19. The van der Waals surface area contributed by atoms with Gasteiger partial charge < -0.3 is 20.5 Å². The maximum atomic E-state index is 5.82. The Bertz CT molecular complexity index is 478. The van der Waals surface area contributed by atoms with Crippen LogP contribution in [0.15, 0.2) is 35.8 Å². The molecular weight excluding hydrogens is 286 g/mol. The second kappa shape index (κ2) is 9.99. The number of ether oxygens (including phenoxy) is 2. The molecule has 0 radical (unpaired) electrons. The Labute approximate surface area is 130 Å². The van der Waals surface area contributed by atoms with Crippen molar-refractivity contribution < 1.29 is 9.47 Å². The van der Waals surface area contributed by atoms with E-state index >= 15 is 0 Å². The maximum absolute atomic E-state index is 5.82. The molecule has 0 spiro atoms. The van der Waals surface area contributed by atoms with E-state index in [0.29, 0.717) is 24.0 Å². The van der Waals surface area contributed by atoms with Gasteiger partial charge >= 0.3 is 0 Å². The minimum Gasteiger partial charge on any atom is -0.493 e. The summed E-state index contributed by atoms with van der Waals surface area (Å²) in [6, 6.07) is 5.70. The zero-order chi connectivity index (χ0) is 15.5. The zero-order valence-corrected chi connectivity index (χ0v) is 13.4. The molecule has 3 N–H and O–H groups in total. The second-order valence-corrected chi connectivity index (χ2v) is 5.33. The molecule has 5 nitrogen and oxygen atoms in total. The Hall–Kier alpha value is -1.82. The van der Waals surface area contributed by atoms with Crippen molar-refractivity contribution in [1.29, 1.82) is 0 Å². The molecule has 0 bridgehead atoms. The third-order valence-corrected chi connectivity index (χ3v) is 3.63. The monoisotopic (exact) mass is 309 g/mol. The molecule has 6 heteroatoms. The van der Waals surface area contributed by atoms with Gasteiger partial charge in [0.2, 0.25) is 0 Å². The number of benzene rings is 1. The molecule has 0 fully saturated rings. The number of nitrogens with zero attached hydrogens (tertiary/aromatic N) is 1. The number of nitrogens with one attached hydrogen (secondary N) is 1. The Morgan fingerprint density at radius 2 is 2.14 bits per heavy atom. The van der Waals surface area contributed by atoms with Crippen molar-refractivity contribution in [3.8, 4) is 11.5 Å². The highest BCUT2D eigenvalue weighted by molar-refractivity contribution is 7.99. The molecule has 1 aromatic carbocycles. The number of aliphatic imine (C=N–C) groups is 1. The molecule has 0 amide bonds. The van der Waals surface area contributed by atoms with Crippen LogP contribution in [-0.4, -0.2) is 38.2 Å². The summed E-state index contributed by atoms with van der Waals surface area (Å²) in [5.41, 5.74) is 6.83. The highest BCUT2D eigenvalue weighted by atomic mass is 32.2. The topological polar surface area (TPSA) is 68.9 Å². The Morgan fingerprint density at radius 1 is 1.38 bits per heavy atom. The van der Waals surface area contributed by atoms with Gasteiger partial charge in [0.15, 0.2) is 17.5 Å². The predicted molar refractivity (Wildman–Crippen MR) is 90.4 cm³/mol. The van der Waals surface area contributed by atoms with Crippen molar-refractivity contribution in [3.05, 3.63) is 36.4 Å². The van der Waals surface area contributed by atoms with Crippen LogP contribution in [0.5, 0.6) is 11.5 Å². The van der Waals surface area contributed by atoms with E-state index in [-0.39, 0.29) is 0 Å². The molecule has 0 heterocycles. The zero-order valence-electron chi connectivity index (χ0n) is 12.6. The van der Waals surface area contributed by atoms with E-state index in [1.807, 2.05) is 24.3 Å². The predicted octanol–water partition coefficient (Wildman–Crippen LogP) is 2.03. The second-order valence-electron chi connectivity index (χ2n) is 4.18. The molecule has 0 saturated heterocycles. The fourth-order valence-corrected chi connectivity index (χ4v) is 2.21. The van der Waals surface area contributed by atoms with E-state index in [4.69, 9.17) is 15.2 Å². The minimum absolute atomic E-state index is 0.448. The molecule has 0 atom stereocenters. The van der Waals surface area contributed by atoms with Gasteiger partial charge in [-0.05, 0) is 17.7 Å². The highest BCUT2D eigenvalue weighted by Gasteiger charge is 2.04. The molecule has 0 aromatic heterocycles. The summed E-state index contributed by atoms with van der Waals surface area (Å²) in [4.78, 5) is 4.30. The molecule has 116 valence electrons. The first-order valence-electron chi connectivity index (χ1n) is 6.64. The summed E-state index contributed by atoms with van der Waals surface area (Å²) in [5.74, 6) is 3.76. The van der Waals surface area contributed by atoms with Gasteiger partial charge in [-0.2, -0.15) is 11.8 Å². The van der Waals surface area contributed by atoms with E-state index in [1.165, 1.54) is 0 Å². The van der Waals surface area contributed by atoms with E-state index in [0.717, 1.165) is 23.6 Å². The number of methoxy groups -OCH3 is 2. The van der Waals surface area contributed by atoms with Crippen LogP contribution in [0.1, 0.15) is 5.56 Å². The Balaban J connectivity index is 2.45. The summed E-state index contributed by atoms with van der Waals surface area (Å²) in [5, 5.41) is 3.08. The summed E-state index contributed by atoms with van der Waals surface area (Å²) < 4.78 is 10.4. The van der Waals surface area contributed by atoms with Crippen LogP contribution in [0.25, 0.3) is 0 Å². The van der Waals surface area contributed by atoms with Gasteiger partial charge in [0.25, 0.3) is 0 Å². The first kappa shape index (κ1) is 17.2. The summed E-state index contributed by atoms with van der Waals surface area (Å²) in [6.45, 7) is 4.96. The van der Waals surface area contributed by atoms with Crippen LogP contribution in [0, 0.1) is 0 Å². The first-order valence-corrected chi connectivity index (χ1v) is 7.80. The van der Waals surface area contributed by atoms with Crippen LogP contribution in [0.3, 0.4) is 0 Å². The van der Waals surface area contributed by atoms with Gasteiger partial charge in [0.05, 0.1) is 20.8 Å². The van der Waals surface area contributed by atoms with E-state index in [2.05, 4.69) is 16.9 Å². The molecule has 0 unspecified atom stereocenters. The highest BCUT2D eigenvalue weighted by Crippen LogP contribution is 2.27. The quantitative estimate of drug-likeness (QED) is 0.316. The van der Waals surface area contributed by atoms with Gasteiger partial charge in [-0.25, -0.2) is 4.99 Å². The van der Waals surface area contributed by atoms with Crippen molar-refractivity contribution in [3.63, 3.8) is 0 Å². The number of thioether (sulfide) groups is 1. The summed E-state index contributed by atoms with van der Waals surface area (Å²) in [7, 11) is 3.23. The van der Waals surface area contributed by atoms with Crippen LogP contribution >= 0.6 is 11.8 Å². The van der Waals surface area contributed by atoms with Crippen LogP contribution in [0.4, 0.5) is 0 Å². The normalized spacial score (nSPS) is 11.0. The van der Waals surface area contributed by atoms with Gasteiger partial charge in [-0.3, -0.25) is 0 Å². The molecule has 0 aliphatic heterocycles. The van der Waals surface area contributed by atoms with Crippen LogP contribution < -0.4 is 20.5 Å². The SMILES string of the molecule is C=CCSCCNC(N)=NCc1ccc(OC)c(OC)c1. The van der Waals surface area contributed by atoms with Crippen LogP contribution in [0.2, 0.25) is 0 Å². The van der Waals surface area contributed by atoms with Crippen LogP contribution in [-0.2, 0) is 6.54 Å². The van der Waals surface area contributed by atoms with E-state index in [9.17, 15) is 0 Å². The molecule has 0 aliphatic rings. The third kappa shape index (κ3) is 6.44. The molecule has 1 rings (SSSR count). The fourth-order valence-electron chi connectivity index (χ4n) is 1.63. The fraction of sp³-hybridized carbons (Fsp3) is 0.400. The smallest absolute Gasteiger partial charge is 0.188 e. The van der Waals surface area contributed by atoms with Crippen molar-refractivity contribution in [1.82, 2.24) is 5.32 Å². The van der Waals surface area contributed by atoms with E-state index < -0.39 is 0 Å². The molecule has 0 aliphatic carbocycles. The number of hydrogen-bond donors (Lipinski definition) is 2. The third-order valence-electron chi connectivity index (χ3n) is 2.67. The average molecular weight is 309 g/mol. The van der Waals surface area contributed by atoms with Crippen molar-refractivity contribution in [2.24, 2.45) is 10.7 Å². The largest absolute Gasteiger partial charge is 0.493 e. The molecule has 21 heavy (non-hydrogen) atoms. The number of rotatable bonds is 9. The molecule has 1 aromatic rings. The molecule has 0 saturated carbocycles. The van der Waals surface area contributed by atoms with Crippen molar-refractivity contribution >= 4 is 17.7 Å². The van der Waals surface area contributed by atoms with Gasteiger partial charge in [0, 0.05) is 18.1 Å². The lowest BCUT2D eigenvalue weighted by molar-refractivity contribution is 0.354. The average Bonchev–Trinajstić information content (AvgIpc) is 2.52. The lowest BCUT2D eigenvalue weighted by Crippen LogP contribution is -2.33. The first-order chi connectivity index (χ1) is 10.2. The van der Waals surface area contributed by atoms with E-state index in [1.54, 1.807) is 26.0 Å². The summed E-state index contributed by atoms with van der Waals surface area (Å²) >= 11 is 1.80. The number of hydrogen-bond acceptors (Lipinski definition) is 4. The number of nitrogens with two attached hydrogens (primary N) is 1. The standard InChI is InChI=1S/C15H23N3O2S/c1-4-8-21-9-7-17-15(16)18-11-12-5-6-13(19-2)14(10-12)20-3/h4-6,10H,1,7-9,11H2,2-3H3,(H3,16,17,18). The van der Waals surface area contributed by atoms with Gasteiger partial charge in [-0.15, -0.1) is 6.58 Å².